The molecule has 1 aliphatic rings. The molecule has 9 nitrogen and oxygen atoms in total. The van der Waals surface area contributed by atoms with Gasteiger partial charge < -0.3 is 9.84 Å². The maximum atomic E-state index is 12.9. The second-order valence-electron chi connectivity index (χ2n) is 6.65. The number of carbonyl (C=O) groups is 1. The van der Waals surface area contributed by atoms with Gasteiger partial charge in [-0.05, 0) is 32.3 Å². The van der Waals surface area contributed by atoms with Crippen LogP contribution >= 0.6 is 0 Å². The molecule has 27 heavy (non-hydrogen) atoms. The Morgan fingerprint density at radius 1 is 1.41 bits per heavy atom. The SMILES string of the molecule is CCCN(CC(=O)O)S(=O)(=O)c1cnc2c(c1)c(C)nn2C1CCOCC1. The highest BCUT2D eigenvalue weighted by atomic mass is 32.2. The molecule has 0 aromatic carbocycles. The number of hydrogen-bond acceptors (Lipinski definition) is 6. The van der Waals surface area contributed by atoms with Crippen LogP contribution in [0.1, 0.15) is 37.9 Å². The summed E-state index contributed by atoms with van der Waals surface area (Å²) in [5.74, 6) is -1.19. The van der Waals surface area contributed by atoms with Crippen LogP contribution in [0.15, 0.2) is 17.2 Å². The molecule has 0 unspecified atom stereocenters. The predicted octanol–water partition coefficient (Wildman–Crippen LogP) is 1.58. The molecule has 0 radical (unpaired) electrons. The van der Waals surface area contributed by atoms with E-state index in [4.69, 9.17) is 9.84 Å². The van der Waals surface area contributed by atoms with Gasteiger partial charge in [-0.3, -0.25) is 4.79 Å². The van der Waals surface area contributed by atoms with Crippen molar-refractivity contribution in [1.82, 2.24) is 19.1 Å². The molecule has 3 rings (SSSR count). The van der Waals surface area contributed by atoms with E-state index in [1.54, 1.807) is 13.0 Å². The van der Waals surface area contributed by atoms with Crippen LogP contribution in [0, 0.1) is 6.92 Å². The van der Waals surface area contributed by atoms with Crippen LogP contribution in [0.25, 0.3) is 11.0 Å². The Morgan fingerprint density at radius 2 is 2.11 bits per heavy atom. The fraction of sp³-hybridized carbons (Fsp3) is 0.588. The molecule has 0 amide bonds. The Bertz CT molecular complexity index is 934. The molecule has 0 bridgehead atoms. The summed E-state index contributed by atoms with van der Waals surface area (Å²) in [6.07, 6.45) is 3.48. The number of pyridine rings is 1. The van der Waals surface area contributed by atoms with E-state index >= 15 is 0 Å². The zero-order valence-corrected chi connectivity index (χ0v) is 16.3. The van der Waals surface area contributed by atoms with Crippen molar-refractivity contribution in [2.45, 2.75) is 44.0 Å². The number of aliphatic carboxylic acids is 1. The highest BCUT2D eigenvalue weighted by Crippen LogP contribution is 2.28. The number of rotatable bonds is 7. The number of aryl methyl sites for hydroxylation is 1. The van der Waals surface area contributed by atoms with Crippen LogP contribution in [-0.4, -0.2) is 64.9 Å². The van der Waals surface area contributed by atoms with Gasteiger partial charge in [-0.25, -0.2) is 18.1 Å². The van der Waals surface area contributed by atoms with E-state index in [0.29, 0.717) is 36.4 Å². The van der Waals surface area contributed by atoms with Gasteiger partial charge in [0.05, 0.1) is 11.7 Å². The molecule has 0 aliphatic carbocycles. The van der Waals surface area contributed by atoms with E-state index in [0.717, 1.165) is 17.1 Å². The van der Waals surface area contributed by atoms with Crippen molar-refractivity contribution in [3.05, 3.63) is 18.0 Å². The molecular formula is C17H24N4O5S. The Balaban J connectivity index is 2.00. The minimum atomic E-state index is -3.95. The van der Waals surface area contributed by atoms with Crippen LogP contribution in [0.2, 0.25) is 0 Å². The highest BCUT2D eigenvalue weighted by Gasteiger charge is 2.28. The normalized spacial score (nSPS) is 16.3. The lowest BCUT2D eigenvalue weighted by molar-refractivity contribution is -0.137. The molecule has 1 aliphatic heterocycles. The molecule has 1 fully saturated rings. The first-order valence-electron chi connectivity index (χ1n) is 8.99. The number of aromatic nitrogens is 3. The Hall–Kier alpha value is -2.04. The molecule has 3 heterocycles. The minimum Gasteiger partial charge on any atom is -0.480 e. The number of carboxylic acids is 1. The van der Waals surface area contributed by atoms with Gasteiger partial charge in [-0.1, -0.05) is 6.92 Å². The summed E-state index contributed by atoms with van der Waals surface area (Å²) in [5, 5.41) is 14.3. The summed E-state index contributed by atoms with van der Waals surface area (Å²) in [6, 6.07) is 1.72. The monoisotopic (exact) mass is 396 g/mol. The first-order chi connectivity index (χ1) is 12.8. The van der Waals surface area contributed by atoms with E-state index in [2.05, 4.69) is 10.1 Å². The molecule has 0 atom stereocenters. The maximum absolute atomic E-state index is 12.9. The molecule has 2 aromatic heterocycles. The van der Waals surface area contributed by atoms with Gasteiger partial charge in [-0.15, -0.1) is 0 Å². The van der Waals surface area contributed by atoms with Crippen LogP contribution in [-0.2, 0) is 19.6 Å². The van der Waals surface area contributed by atoms with E-state index in [1.165, 1.54) is 6.20 Å². The van der Waals surface area contributed by atoms with E-state index in [9.17, 15) is 13.2 Å². The minimum absolute atomic E-state index is 0.0145. The van der Waals surface area contributed by atoms with Crippen molar-refractivity contribution in [2.24, 2.45) is 0 Å². The molecule has 1 saturated heterocycles. The van der Waals surface area contributed by atoms with Crippen molar-refractivity contribution in [3.8, 4) is 0 Å². The number of fused-ring (bicyclic) bond motifs is 1. The van der Waals surface area contributed by atoms with Crippen molar-refractivity contribution < 1.29 is 23.1 Å². The number of ether oxygens (including phenoxy) is 1. The third kappa shape index (κ3) is 3.97. The van der Waals surface area contributed by atoms with Crippen molar-refractivity contribution >= 4 is 27.0 Å². The summed E-state index contributed by atoms with van der Waals surface area (Å²) in [5.41, 5.74) is 1.33. The third-order valence-corrected chi connectivity index (χ3v) is 6.48. The van der Waals surface area contributed by atoms with Crippen LogP contribution in [0.5, 0.6) is 0 Å². The summed E-state index contributed by atoms with van der Waals surface area (Å²) in [6.45, 7) is 4.50. The average molecular weight is 396 g/mol. The maximum Gasteiger partial charge on any atom is 0.318 e. The second kappa shape index (κ2) is 7.91. The summed E-state index contributed by atoms with van der Waals surface area (Å²) >= 11 is 0. The topological polar surface area (TPSA) is 115 Å². The standard InChI is InChI=1S/C17H24N4O5S/c1-3-6-20(11-16(22)23)27(24,25)14-9-15-12(2)19-21(17(15)18-10-14)13-4-7-26-8-5-13/h9-10,13H,3-8,11H2,1-2H3,(H,22,23). The number of hydrogen-bond donors (Lipinski definition) is 1. The average Bonchev–Trinajstić information content (AvgIpc) is 2.98. The number of nitrogens with zero attached hydrogens (tertiary/aromatic N) is 4. The molecule has 1 N–H and O–H groups in total. The third-order valence-electron chi connectivity index (χ3n) is 4.67. The predicted molar refractivity (Wildman–Crippen MR) is 98.0 cm³/mol. The van der Waals surface area contributed by atoms with Gasteiger partial charge in [0.2, 0.25) is 10.0 Å². The summed E-state index contributed by atoms with van der Waals surface area (Å²) < 4.78 is 34.0. The lowest BCUT2D eigenvalue weighted by Gasteiger charge is -2.22. The van der Waals surface area contributed by atoms with E-state index in [-0.39, 0.29) is 17.5 Å². The molecule has 0 spiro atoms. The molecular weight excluding hydrogens is 372 g/mol. The van der Waals surface area contributed by atoms with Gasteiger partial charge in [0.1, 0.15) is 11.4 Å². The van der Waals surface area contributed by atoms with Gasteiger partial charge >= 0.3 is 5.97 Å². The van der Waals surface area contributed by atoms with Crippen LogP contribution in [0.4, 0.5) is 0 Å². The number of carboxylic acid groups (broad SMARTS) is 1. The zero-order chi connectivity index (χ0) is 19.6. The quantitative estimate of drug-likeness (QED) is 0.755. The molecule has 0 saturated carbocycles. The van der Waals surface area contributed by atoms with Crippen LogP contribution in [0.3, 0.4) is 0 Å². The molecule has 10 heteroatoms. The van der Waals surface area contributed by atoms with Crippen LogP contribution < -0.4 is 0 Å². The smallest absolute Gasteiger partial charge is 0.318 e. The fourth-order valence-corrected chi connectivity index (χ4v) is 4.76. The number of sulfonamides is 1. The highest BCUT2D eigenvalue weighted by molar-refractivity contribution is 7.89. The lowest BCUT2D eigenvalue weighted by atomic mass is 10.1. The van der Waals surface area contributed by atoms with E-state index in [1.807, 2.05) is 11.6 Å². The van der Waals surface area contributed by atoms with Crippen molar-refractivity contribution in [1.29, 1.82) is 0 Å². The largest absolute Gasteiger partial charge is 0.480 e. The van der Waals surface area contributed by atoms with Gasteiger partial charge in [0.25, 0.3) is 0 Å². The Labute approximate surface area is 158 Å². The van der Waals surface area contributed by atoms with Crippen molar-refractivity contribution in [3.63, 3.8) is 0 Å². The summed E-state index contributed by atoms with van der Waals surface area (Å²) in [7, 11) is -3.95. The van der Waals surface area contributed by atoms with Gasteiger partial charge in [-0.2, -0.15) is 9.40 Å². The summed E-state index contributed by atoms with van der Waals surface area (Å²) in [4.78, 5) is 15.4. The first-order valence-corrected chi connectivity index (χ1v) is 10.4. The Morgan fingerprint density at radius 3 is 2.74 bits per heavy atom. The van der Waals surface area contributed by atoms with Gasteiger partial charge in [0, 0.05) is 31.3 Å². The van der Waals surface area contributed by atoms with E-state index < -0.39 is 22.5 Å². The fourth-order valence-electron chi connectivity index (χ4n) is 3.31. The molecule has 148 valence electrons. The first kappa shape index (κ1) is 19.7. The lowest BCUT2D eigenvalue weighted by Crippen LogP contribution is -2.36. The van der Waals surface area contributed by atoms with Crippen molar-refractivity contribution in [2.75, 3.05) is 26.3 Å². The van der Waals surface area contributed by atoms with Gasteiger partial charge in [0.15, 0.2) is 5.65 Å². The molecule has 2 aromatic rings. The zero-order valence-electron chi connectivity index (χ0n) is 15.5. The Kier molecular flexibility index (Phi) is 5.78. The second-order valence-corrected chi connectivity index (χ2v) is 8.59.